The summed E-state index contributed by atoms with van der Waals surface area (Å²) in [4.78, 5) is 23.0. The van der Waals surface area contributed by atoms with Gasteiger partial charge in [0.2, 0.25) is 15.9 Å². The number of nitrogens with one attached hydrogen (secondary N) is 2. The number of carbonyl (C=O) groups is 1. The summed E-state index contributed by atoms with van der Waals surface area (Å²) in [6, 6.07) is 12.5. The van der Waals surface area contributed by atoms with Gasteiger partial charge in [-0.15, -0.1) is 0 Å². The molecule has 0 unspecified atom stereocenters. The van der Waals surface area contributed by atoms with Crippen LogP contribution in [-0.2, 0) is 20.2 Å². The molecular formula is C20H22BrN3O5S. The van der Waals surface area contributed by atoms with Crippen molar-refractivity contribution >= 4 is 37.5 Å². The zero-order chi connectivity index (χ0) is 21.8. The van der Waals surface area contributed by atoms with E-state index < -0.39 is 20.4 Å². The fraction of sp³-hybridized carbons (Fsp3) is 0.350. The summed E-state index contributed by atoms with van der Waals surface area (Å²) in [5, 5.41) is 13.7. The molecule has 0 saturated heterocycles. The van der Waals surface area contributed by atoms with Crippen LogP contribution < -0.4 is 10.0 Å². The van der Waals surface area contributed by atoms with Crippen LogP contribution in [0.15, 0.2) is 57.9 Å². The van der Waals surface area contributed by atoms with Gasteiger partial charge < -0.3 is 5.32 Å². The predicted molar refractivity (Wildman–Crippen MR) is 116 cm³/mol. The van der Waals surface area contributed by atoms with E-state index in [-0.39, 0.29) is 29.6 Å². The third-order valence-corrected chi connectivity index (χ3v) is 7.32. The lowest BCUT2D eigenvalue weighted by Crippen LogP contribution is -2.45. The first-order valence-corrected chi connectivity index (χ1v) is 11.8. The zero-order valence-electron chi connectivity index (χ0n) is 16.1. The number of nitrogens with zero attached hydrogens (tertiary/aromatic N) is 1. The molecule has 1 aliphatic rings. The number of benzene rings is 2. The largest absolute Gasteiger partial charge is 0.354 e. The van der Waals surface area contributed by atoms with Gasteiger partial charge in [-0.3, -0.25) is 14.9 Å². The first kappa shape index (κ1) is 22.4. The van der Waals surface area contributed by atoms with Crippen LogP contribution in [0.4, 0.5) is 5.69 Å². The highest BCUT2D eigenvalue weighted by Gasteiger charge is 2.42. The number of amides is 1. The smallest absolute Gasteiger partial charge is 0.270 e. The molecule has 2 aromatic rings. The van der Waals surface area contributed by atoms with Crippen molar-refractivity contribution in [1.82, 2.24) is 10.0 Å². The minimum absolute atomic E-state index is 0.0207. The van der Waals surface area contributed by atoms with Crippen LogP contribution in [-0.4, -0.2) is 32.3 Å². The highest BCUT2D eigenvalue weighted by molar-refractivity contribution is 9.10. The minimum Gasteiger partial charge on any atom is -0.354 e. The molecule has 1 aliphatic carbocycles. The Morgan fingerprint density at radius 3 is 2.40 bits per heavy atom. The van der Waals surface area contributed by atoms with E-state index in [1.165, 1.54) is 18.2 Å². The first-order chi connectivity index (χ1) is 14.2. The molecule has 0 aliphatic heterocycles. The number of hydrogen-bond acceptors (Lipinski definition) is 5. The summed E-state index contributed by atoms with van der Waals surface area (Å²) >= 11 is 3.41. The van der Waals surface area contributed by atoms with Gasteiger partial charge in [0.15, 0.2) is 0 Å². The molecule has 0 aromatic heterocycles. The van der Waals surface area contributed by atoms with E-state index in [2.05, 4.69) is 26.0 Å². The lowest BCUT2D eigenvalue weighted by atomic mass is 9.78. The Hall–Kier alpha value is -2.30. The maximum Gasteiger partial charge on any atom is 0.270 e. The molecule has 8 nitrogen and oxygen atoms in total. The fourth-order valence-electron chi connectivity index (χ4n) is 3.77. The van der Waals surface area contributed by atoms with Crippen molar-refractivity contribution in [3.8, 4) is 0 Å². The Morgan fingerprint density at radius 2 is 1.77 bits per heavy atom. The molecular weight excluding hydrogens is 474 g/mol. The van der Waals surface area contributed by atoms with Crippen molar-refractivity contribution in [2.24, 2.45) is 0 Å². The molecule has 30 heavy (non-hydrogen) atoms. The third kappa shape index (κ3) is 4.88. The fourth-order valence-corrected chi connectivity index (χ4v) is 5.11. The summed E-state index contributed by atoms with van der Waals surface area (Å²) in [7, 11) is -3.92. The highest BCUT2D eigenvalue weighted by atomic mass is 79.9. The molecule has 0 radical (unpaired) electrons. The Balaban J connectivity index is 1.61. The Labute approximate surface area is 183 Å². The topological polar surface area (TPSA) is 118 Å². The molecule has 10 heteroatoms. The third-order valence-electron chi connectivity index (χ3n) is 5.33. The van der Waals surface area contributed by atoms with Gasteiger partial charge in [0.05, 0.1) is 15.2 Å². The molecule has 3 rings (SSSR count). The van der Waals surface area contributed by atoms with Crippen molar-refractivity contribution < 1.29 is 18.1 Å². The van der Waals surface area contributed by atoms with E-state index in [4.69, 9.17) is 0 Å². The number of rotatable bonds is 8. The van der Waals surface area contributed by atoms with Crippen molar-refractivity contribution in [2.75, 3.05) is 13.1 Å². The van der Waals surface area contributed by atoms with Crippen LogP contribution in [0.3, 0.4) is 0 Å². The SMILES string of the molecule is O=C(NCCNS(=O)(=O)c1cccc([N+](=O)[O-])c1)C1(c2ccc(Br)cc2)CCCC1. The Bertz CT molecular complexity index is 1030. The van der Waals surface area contributed by atoms with Crippen LogP contribution in [0.2, 0.25) is 0 Å². The van der Waals surface area contributed by atoms with Gasteiger partial charge in [-0.25, -0.2) is 13.1 Å². The molecule has 160 valence electrons. The number of nitro groups is 1. The molecule has 1 amide bonds. The van der Waals surface area contributed by atoms with Crippen LogP contribution in [0.1, 0.15) is 31.2 Å². The van der Waals surface area contributed by atoms with E-state index in [1.54, 1.807) is 0 Å². The number of hydrogen-bond donors (Lipinski definition) is 2. The number of non-ortho nitro benzene ring substituents is 1. The van der Waals surface area contributed by atoms with Crippen LogP contribution in [0.25, 0.3) is 0 Å². The maximum atomic E-state index is 13.0. The van der Waals surface area contributed by atoms with Crippen molar-refractivity contribution in [1.29, 1.82) is 0 Å². The maximum absolute atomic E-state index is 13.0. The number of sulfonamides is 1. The second kappa shape index (κ2) is 9.23. The average molecular weight is 496 g/mol. The average Bonchev–Trinajstić information content (AvgIpc) is 3.23. The molecule has 1 fully saturated rings. The summed E-state index contributed by atoms with van der Waals surface area (Å²) in [5.74, 6) is -0.114. The van der Waals surface area contributed by atoms with Gasteiger partial charge in [-0.05, 0) is 36.6 Å². The molecule has 0 heterocycles. The summed E-state index contributed by atoms with van der Waals surface area (Å²) in [6.07, 6.45) is 3.42. The van der Waals surface area contributed by atoms with Gasteiger partial charge >= 0.3 is 0 Å². The minimum atomic E-state index is -3.92. The molecule has 1 saturated carbocycles. The first-order valence-electron chi connectivity index (χ1n) is 9.53. The van der Waals surface area contributed by atoms with Crippen molar-refractivity contribution in [3.05, 3.63) is 68.7 Å². The van der Waals surface area contributed by atoms with Crippen LogP contribution in [0, 0.1) is 10.1 Å². The van der Waals surface area contributed by atoms with Crippen molar-refractivity contribution in [3.63, 3.8) is 0 Å². The van der Waals surface area contributed by atoms with Crippen LogP contribution >= 0.6 is 15.9 Å². The van der Waals surface area contributed by atoms with Crippen molar-refractivity contribution in [2.45, 2.75) is 36.0 Å². The normalized spacial score (nSPS) is 15.6. The van der Waals surface area contributed by atoms with Gasteiger partial charge in [0.25, 0.3) is 5.69 Å². The molecule has 0 bridgehead atoms. The quantitative estimate of drug-likeness (QED) is 0.331. The van der Waals surface area contributed by atoms with E-state index in [9.17, 15) is 23.3 Å². The van der Waals surface area contributed by atoms with Gasteiger partial charge in [-0.2, -0.15) is 0 Å². The second-order valence-electron chi connectivity index (χ2n) is 7.20. The lowest BCUT2D eigenvalue weighted by molar-refractivity contribution is -0.385. The standard InChI is InChI=1S/C20H22BrN3O5S/c21-16-8-6-15(7-9-16)20(10-1-2-11-20)19(25)22-12-13-23-30(28,29)18-5-3-4-17(14-18)24(26)27/h3-9,14,23H,1-2,10-13H2,(H,22,25). The Kier molecular flexibility index (Phi) is 6.89. The van der Waals surface area contributed by atoms with E-state index >= 15 is 0 Å². The van der Waals surface area contributed by atoms with Gasteiger partial charge in [-0.1, -0.05) is 47.0 Å². The molecule has 2 N–H and O–H groups in total. The Morgan fingerprint density at radius 1 is 1.10 bits per heavy atom. The zero-order valence-corrected chi connectivity index (χ0v) is 18.5. The lowest BCUT2D eigenvalue weighted by Gasteiger charge is -2.28. The van der Waals surface area contributed by atoms with Gasteiger partial charge in [0, 0.05) is 29.7 Å². The van der Waals surface area contributed by atoms with E-state index in [0.717, 1.165) is 41.8 Å². The second-order valence-corrected chi connectivity index (χ2v) is 9.89. The molecule has 2 aromatic carbocycles. The highest BCUT2D eigenvalue weighted by Crippen LogP contribution is 2.41. The monoisotopic (exact) mass is 495 g/mol. The summed E-state index contributed by atoms with van der Waals surface area (Å²) in [6.45, 7) is 0.0957. The summed E-state index contributed by atoms with van der Waals surface area (Å²) in [5.41, 5.74) is 0.0568. The molecule has 0 atom stereocenters. The number of nitro benzene ring substituents is 1. The van der Waals surface area contributed by atoms with Crippen LogP contribution in [0.5, 0.6) is 0 Å². The summed E-state index contributed by atoms with van der Waals surface area (Å²) < 4.78 is 28.1. The van der Waals surface area contributed by atoms with E-state index in [0.29, 0.717) is 0 Å². The number of carbonyl (C=O) groups excluding carboxylic acids is 1. The molecule has 0 spiro atoms. The van der Waals surface area contributed by atoms with E-state index in [1.807, 2.05) is 24.3 Å². The predicted octanol–water partition coefficient (Wildman–Crippen LogP) is 3.26. The number of halogens is 1. The van der Waals surface area contributed by atoms with Gasteiger partial charge in [0.1, 0.15) is 0 Å².